The molecule has 0 amide bonds. The van der Waals surface area contributed by atoms with Crippen LogP contribution in [-0.2, 0) is 11.3 Å². The highest BCUT2D eigenvalue weighted by atomic mass is 79.9. The zero-order valence-corrected chi connectivity index (χ0v) is 13.2. The quantitative estimate of drug-likeness (QED) is 0.924. The minimum Gasteiger partial charge on any atom is -0.481 e. The Morgan fingerprint density at radius 2 is 2.14 bits per heavy atom. The van der Waals surface area contributed by atoms with Gasteiger partial charge in [0.05, 0.1) is 11.4 Å². The third-order valence-corrected chi connectivity index (χ3v) is 4.54. The first kappa shape index (κ1) is 14.5. The summed E-state index contributed by atoms with van der Waals surface area (Å²) < 4.78 is 1.05. The molecular weight excluding hydrogens is 332 g/mol. The maximum absolute atomic E-state index is 11.0. The largest absolute Gasteiger partial charge is 0.481 e. The minimum atomic E-state index is -0.663. The average molecular weight is 349 g/mol. The molecular formula is C16H17BrN2O2. The average Bonchev–Trinajstić information content (AvgIpc) is 2.47. The number of nitrogens with zero attached hydrogens (tertiary/aromatic N) is 2. The van der Waals surface area contributed by atoms with Gasteiger partial charge in [-0.1, -0.05) is 22.0 Å². The number of carboxylic acids is 1. The van der Waals surface area contributed by atoms with Gasteiger partial charge in [-0.25, -0.2) is 0 Å². The summed E-state index contributed by atoms with van der Waals surface area (Å²) in [7, 11) is 0. The van der Waals surface area contributed by atoms with Gasteiger partial charge in [0.1, 0.15) is 0 Å². The van der Waals surface area contributed by atoms with Crippen molar-refractivity contribution in [2.24, 2.45) is 5.92 Å². The number of benzene rings is 1. The third-order valence-electron chi connectivity index (χ3n) is 4.08. The summed E-state index contributed by atoms with van der Waals surface area (Å²) >= 11 is 3.55. The van der Waals surface area contributed by atoms with E-state index in [1.807, 2.05) is 12.3 Å². The van der Waals surface area contributed by atoms with E-state index in [0.717, 1.165) is 47.9 Å². The van der Waals surface area contributed by atoms with Gasteiger partial charge in [0.15, 0.2) is 0 Å². The smallest absolute Gasteiger partial charge is 0.306 e. The topological polar surface area (TPSA) is 53.4 Å². The number of fused-ring (bicyclic) bond motifs is 1. The minimum absolute atomic E-state index is 0.182. The first-order chi connectivity index (χ1) is 10.1. The lowest BCUT2D eigenvalue weighted by Crippen LogP contribution is -2.35. The second kappa shape index (κ2) is 6.12. The van der Waals surface area contributed by atoms with Crippen LogP contribution in [0.3, 0.4) is 0 Å². The van der Waals surface area contributed by atoms with E-state index in [-0.39, 0.29) is 5.92 Å². The van der Waals surface area contributed by atoms with E-state index >= 15 is 0 Å². The van der Waals surface area contributed by atoms with E-state index in [0.29, 0.717) is 0 Å². The number of piperidine rings is 1. The van der Waals surface area contributed by atoms with Gasteiger partial charge in [-0.05, 0) is 49.7 Å². The predicted molar refractivity (Wildman–Crippen MR) is 85.1 cm³/mol. The second-order valence-corrected chi connectivity index (χ2v) is 6.44. The van der Waals surface area contributed by atoms with Gasteiger partial charge >= 0.3 is 5.97 Å². The summed E-state index contributed by atoms with van der Waals surface area (Å²) in [5, 5.41) is 10.2. The number of hydrogen-bond acceptors (Lipinski definition) is 3. The molecule has 1 N–H and O–H groups in total. The Morgan fingerprint density at radius 3 is 2.86 bits per heavy atom. The number of rotatable bonds is 3. The molecule has 0 spiro atoms. The standard InChI is InChI=1S/C16H17BrN2O2/c17-14-8-12-2-1-5-18-15(12)13(9-14)10-19-6-3-11(4-7-19)16(20)21/h1-2,5,8-9,11H,3-4,6-7,10H2,(H,20,21). The van der Waals surface area contributed by atoms with E-state index in [1.54, 1.807) is 0 Å². The van der Waals surface area contributed by atoms with Gasteiger partial charge in [-0.2, -0.15) is 0 Å². The molecule has 2 heterocycles. The highest BCUT2D eigenvalue weighted by Gasteiger charge is 2.24. The van der Waals surface area contributed by atoms with Crippen LogP contribution in [-0.4, -0.2) is 34.0 Å². The highest BCUT2D eigenvalue weighted by molar-refractivity contribution is 9.10. The number of likely N-dealkylation sites (tertiary alicyclic amines) is 1. The first-order valence-corrected chi connectivity index (χ1v) is 7.91. The summed E-state index contributed by atoms with van der Waals surface area (Å²) in [5.41, 5.74) is 2.22. The summed E-state index contributed by atoms with van der Waals surface area (Å²) in [6.07, 6.45) is 3.28. The number of aromatic nitrogens is 1. The van der Waals surface area contributed by atoms with Crippen LogP contribution in [0.2, 0.25) is 0 Å². The van der Waals surface area contributed by atoms with Crippen molar-refractivity contribution in [3.05, 3.63) is 40.5 Å². The molecule has 0 radical (unpaired) electrons. The normalized spacial score (nSPS) is 17.2. The van der Waals surface area contributed by atoms with Gasteiger partial charge in [0.25, 0.3) is 0 Å². The van der Waals surface area contributed by atoms with Crippen LogP contribution in [0.25, 0.3) is 10.9 Å². The molecule has 1 aliphatic rings. The van der Waals surface area contributed by atoms with E-state index in [9.17, 15) is 4.79 Å². The summed E-state index contributed by atoms with van der Waals surface area (Å²) in [4.78, 5) is 17.8. The molecule has 0 bridgehead atoms. The lowest BCUT2D eigenvalue weighted by Gasteiger charge is -2.30. The van der Waals surface area contributed by atoms with Crippen LogP contribution in [0.15, 0.2) is 34.9 Å². The van der Waals surface area contributed by atoms with Gasteiger partial charge < -0.3 is 5.11 Å². The maximum atomic E-state index is 11.0. The number of carboxylic acid groups (broad SMARTS) is 1. The fourth-order valence-electron chi connectivity index (χ4n) is 2.93. The molecule has 5 heteroatoms. The number of pyridine rings is 1. The molecule has 0 aliphatic carbocycles. The van der Waals surface area contributed by atoms with Gasteiger partial charge in [0, 0.05) is 22.6 Å². The van der Waals surface area contributed by atoms with Crippen molar-refractivity contribution in [1.82, 2.24) is 9.88 Å². The zero-order valence-electron chi connectivity index (χ0n) is 11.6. The predicted octanol–water partition coefficient (Wildman–Crippen LogP) is 3.29. The Balaban J connectivity index is 1.78. The summed E-state index contributed by atoms with van der Waals surface area (Å²) in [6.45, 7) is 2.48. The molecule has 1 aromatic heterocycles. The maximum Gasteiger partial charge on any atom is 0.306 e. The molecule has 2 aromatic rings. The van der Waals surface area contributed by atoms with Crippen molar-refractivity contribution in [3.8, 4) is 0 Å². The molecule has 1 fully saturated rings. The van der Waals surface area contributed by atoms with Crippen molar-refractivity contribution in [2.45, 2.75) is 19.4 Å². The number of halogens is 1. The van der Waals surface area contributed by atoms with Crippen LogP contribution >= 0.6 is 15.9 Å². The van der Waals surface area contributed by atoms with E-state index < -0.39 is 5.97 Å². The third kappa shape index (κ3) is 3.24. The molecule has 21 heavy (non-hydrogen) atoms. The van der Waals surface area contributed by atoms with Crippen LogP contribution in [0.1, 0.15) is 18.4 Å². The molecule has 0 unspecified atom stereocenters. The van der Waals surface area contributed by atoms with Crippen LogP contribution in [0.5, 0.6) is 0 Å². The van der Waals surface area contributed by atoms with Crippen molar-refractivity contribution in [2.75, 3.05) is 13.1 Å². The number of hydrogen-bond donors (Lipinski definition) is 1. The van der Waals surface area contributed by atoms with E-state index in [2.05, 4.69) is 44.0 Å². The first-order valence-electron chi connectivity index (χ1n) is 7.12. The second-order valence-electron chi connectivity index (χ2n) is 5.53. The van der Waals surface area contributed by atoms with Crippen LogP contribution in [0, 0.1) is 5.92 Å². The lowest BCUT2D eigenvalue weighted by molar-refractivity contribution is -0.143. The number of aliphatic carboxylic acids is 1. The zero-order chi connectivity index (χ0) is 14.8. The van der Waals surface area contributed by atoms with E-state index in [4.69, 9.17) is 5.11 Å². The van der Waals surface area contributed by atoms with Crippen molar-refractivity contribution in [3.63, 3.8) is 0 Å². The molecule has 110 valence electrons. The van der Waals surface area contributed by atoms with Gasteiger partial charge in [-0.15, -0.1) is 0 Å². The highest BCUT2D eigenvalue weighted by Crippen LogP contribution is 2.25. The molecule has 1 aromatic carbocycles. The fourth-order valence-corrected chi connectivity index (χ4v) is 3.45. The summed E-state index contributed by atoms with van der Waals surface area (Å²) in [5.74, 6) is -0.845. The Labute approximate surface area is 131 Å². The Hall–Kier alpha value is -1.46. The Bertz CT molecular complexity index is 666. The molecule has 0 atom stereocenters. The van der Waals surface area contributed by atoms with Gasteiger partial charge in [-0.3, -0.25) is 14.7 Å². The van der Waals surface area contributed by atoms with Crippen molar-refractivity contribution >= 4 is 32.8 Å². The molecule has 3 rings (SSSR count). The Kier molecular flexibility index (Phi) is 4.22. The molecule has 0 saturated carbocycles. The monoisotopic (exact) mass is 348 g/mol. The molecule has 4 nitrogen and oxygen atoms in total. The van der Waals surface area contributed by atoms with Gasteiger partial charge in [0.2, 0.25) is 0 Å². The van der Waals surface area contributed by atoms with E-state index in [1.165, 1.54) is 5.56 Å². The molecule has 1 saturated heterocycles. The fraction of sp³-hybridized carbons (Fsp3) is 0.375. The van der Waals surface area contributed by atoms with Crippen molar-refractivity contribution < 1.29 is 9.90 Å². The van der Waals surface area contributed by atoms with Crippen molar-refractivity contribution in [1.29, 1.82) is 0 Å². The lowest BCUT2D eigenvalue weighted by atomic mass is 9.96. The Morgan fingerprint density at radius 1 is 1.38 bits per heavy atom. The number of carbonyl (C=O) groups is 1. The van der Waals surface area contributed by atoms with Crippen LogP contribution in [0.4, 0.5) is 0 Å². The molecule has 1 aliphatic heterocycles. The SMILES string of the molecule is O=C(O)C1CCN(Cc2cc(Br)cc3cccnc23)CC1. The van der Waals surface area contributed by atoms with Crippen LogP contribution < -0.4 is 0 Å². The summed E-state index contributed by atoms with van der Waals surface area (Å²) in [6, 6.07) is 8.19.